The van der Waals surface area contributed by atoms with E-state index in [1.165, 1.54) is 19.2 Å². The third-order valence-corrected chi connectivity index (χ3v) is 4.39. The van der Waals surface area contributed by atoms with Gasteiger partial charge < -0.3 is 26.8 Å². The molecule has 0 aliphatic heterocycles. The standard InChI is InChI=1S/C21H27FN4O2/c1-5-10-26-21(27)19(24)20(25-3)13-7-8-15(22)17(18(13)23)14-11-12(2)6-9-16(14)28-4/h6-9,11,25H,5,10,23-24H2,1-4H3,(H,26,27)/b20-19+. The van der Waals surface area contributed by atoms with Crippen molar-refractivity contribution in [3.8, 4) is 16.9 Å². The topological polar surface area (TPSA) is 102 Å². The van der Waals surface area contributed by atoms with Crippen molar-refractivity contribution in [1.29, 1.82) is 0 Å². The van der Waals surface area contributed by atoms with Gasteiger partial charge in [0.2, 0.25) is 0 Å². The summed E-state index contributed by atoms with van der Waals surface area (Å²) in [6, 6.07) is 8.24. The Labute approximate surface area is 164 Å². The van der Waals surface area contributed by atoms with Crippen LogP contribution in [0, 0.1) is 12.7 Å². The van der Waals surface area contributed by atoms with Crippen LogP contribution in [-0.4, -0.2) is 26.6 Å². The van der Waals surface area contributed by atoms with Gasteiger partial charge in [-0.25, -0.2) is 4.39 Å². The van der Waals surface area contributed by atoms with Gasteiger partial charge in [-0.2, -0.15) is 0 Å². The number of nitrogen functional groups attached to an aromatic ring is 1. The molecule has 0 heterocycles. The summed E-state index contributed by atoms with van der Waals surface area (Å²) in [5.74, 6) is -0.406. The minimum absolute atomic E-state index is 0.0172. The van der Waals surface area contributed by atoms with E-state index in [2.05, 4.69) is 10.6 Å². The Balaban J connectivity index is 2.68. The molecule has 2 aromatic rings. The van der Waals surface area contributed by atoms with E-state index in [4.69, 9.17) is 16.2 Å². The molecule has 28 heavy (non-hydrogen) atoms. The number of benzene rings is 2. The van der Waals surface area contributed by atoms with Crippen molar-refractivity contribution >= 4 is 17.3 Å². The summed E-state index contributed by atoms with van der Waals surface area (Å²) in [6.07, 6.45) is 0.782. The zero-order chi connectivity index (χ0) is 20.8. The highest BCUT2D eigenvalue weighted by Gasteiger charge is 2.21. The van der Waals surface area contributed by atoms with Gasteiger partial charge in [0, 0.05) is 30.3 Å². The van der Waals surface area contributed by atoms with Gasteiger partial charge in [-0.05, 0) is 37.6 Å². The zero-order valence-electron chi connectivity index (χ0n) is 16.7. The molecule has 0 aliphatic rings. The summed E-state index contributed by atoms with van der Waals surface area (Å²) in [6.45, 7) is 4.34. The molecule has 7 heteroatoms. The second-order valence-electron chi connectivity index (χ2n) is 6.38. The number of hydrogen-bond acceptors (Lipinski definition) is 5. The van der Waals surface area contributed by atoms with Crippen molar-refractivity contribution in [2.75, 3.05) is 26.4 Å². The number of nitrogens with two attached hydrogens (primary N) is 2. The van der Waals surface area contributed by atoms with Crippen molar-refractivity contribution in [1.82, 2.24) is 10.6 Å². The van der Waals surface area contributed by atoms with Crippen molar-refractivity contribution in [2.45, 2.75) is 20.3 Å². The van der Waals surface area contributed by atoms with Crippen molar-refractivity contribution < 1.29 is 13.9 Å². The molecule has 150 valence electrons. The first-order valence-corrected chi connectivity index (χ1v) is 9.04. The molecule has 2 aromatic carbocycles. The van der Waals surface area contributed by atoms with Gasteiger partial charge in [-0.3, -0.25) is 4.79 Å². The number of aryl methyl sites for hydroxylation is 1. The lowest BCUT2D eigenvalue weighted by Gasteiger charge is -2.18. The predicted octanol–water partition coefficient (Wildman–Crippen LogP) is 2.76. The summed E-state index contributed by atoms with van der Waals surface area (Å²) in [5, 5.41) is 5.64. The minimum atomic E-state index is -0.491. The zero-order valence-corrected chi connectivity index (χ0v) is 16.7. The monoisotopic (exact) mass is 386 g/mol. The molecular formula is C21H27FN4O2. The Hall–Kier alpha value is -3.22. The average molecular weight is 386 g/mol. The largest absolute Gasteiger partial charge is 0.496 e. The van der Waals surface area contributed by atoms with Crippen LogP contribution in [0.4, 0.5) is 10.1 Å². The Bertz CT molecular complexity index is 910. The van der Waals surface area contributed by atoms with E-state index in [0.717, 1.165) is 12.0 Å². The quantitative estimate of drug-likeness (QED) is 0.433. The van der Waals surface area contributed by atoms with Crippen LogP contribution in [0.5, 0.6) is 5.75 Å². The molecule has 0 saturated carbocycles. The molecule has 0 spiro atoms. The van der Waals surface area contributed by atoms with Crippen molar-refractivity contribution in [2.24, 2.45) is 5.73 Å². The van der Waals surface area contributed by atoms with Gasteiger partial charge in [-0.1, -0.05) is 18.6 Å². The maximum atomic E-state index is 14.8. The van der Waals surface area contributed by atoms with E-state index in [-0.39, 0.29) is 16.9 Å². The maximum absolute atomic E-state index is 14.8. The smallest absolute Gasteiger partial charge is 0.269 e. The molecule has 6 N–H and O–H groups in total. The lowest BCUT2D eigenvalue weighted by molar-refractivity contribution is -0.117. The third-order valence-electron chi connectivity index (χ3n) is 4.39. The number of amides is 1. The van der Waals surface area contributed by atoms with Crippen LogP contribution in [0.15, 0.2) is 36.0 Å². The van der Waals surface area contributed by atoms with E-state index in [9.17, 15) is 9.18 Å². The number of hydrogen-bond donors (Lipinski definition) is 4. The van der Waals surface area contributed by atoms with Gasteiger partial charge in [-0.15, -0.1) is 0 Å². The van der Waals surface area contributed by atoms with Crippen LogP contribution in [0.25, 0.3) is 16.8 Å². The number of carbonyl (C=O) groups excluding carboxylic acids is 1. The van der Waals surface area contributed by atoms with Gasteiger partial charge in [0.15, 0.2) is 0 Å². The fourth-order valence-corrected chi connectivity index (χ4v) is 2.96. The van der Waals surface area contributed by atoms with E-state index < -0.39 is 11.7 Å². The van der Waals surface area contributed by atoms with E-state index in [0.29, 0.717) is 29.1 Å². The number of carbonyl (C=O) groups is 1. The van der Waals surface area contributed by atoms with Crippen LogP contribution < -0.4 is 26.8 Å². The molecule has 0 radical (unpaired) electrons. The lowest BCUT2D eigenvalue weighted by atomic mass is 9.95. The fourth-order valence-electron chi connectivity index (χ4n) is 2.96. The Kier molecular flexibility index (Phi) is 6.87. The predicted molar refractivity (Wildman–Crippen MR) is 111 cm³/mol. The van der Waals surface area contributed by atoms with Crippen LogP contribution >= 0.6 is 0 Å². The second-order valence-corrected chi connectivity index (χ2v) is 6.38. The number of halogens is 1. The highest BCUT2D eigenvalue weighted by molar-refractivity contribution is 6.02. The number of rotatable bonds is 7. The first-order valence-electron chi connectivity index (χ1n) is 9.04. The molecule has 0 fully saturated rings. The normalized spacial score (nSPS) is 11.6. The molecule has 0 atom stereocenters. The molecule has 0 unspecified atom stereocenters. The lowest BCUT2D eigenvalue weighted by Crippen LogP contribution is -2.32. The van der Waals surface area contributed by atoms with Crippen LogP contribution in [-0.2, 0) is 4.79 Å². The highest BCUT2D eigenvalue weighted by atomic mass is 19.1. The second kappa shape index (κ2) is 9.12. The SMILES string of the molecule is CCCNC(=O)/C(N)=C(\NC)c1ccc(F)c(-c2cc(C)ccc2OC)c1N. The summed E-state index contributed by atoms with van der Waals surface area (Å²) in [7, 11) is 3.14. The van der Waals surface area contributed by atoms with Crippen LogP contribution in [0.2, 0.25) is 0 Å². The van der Waals surface area contributed by atoms with Crippen molar-refractivity contribution in [3.05, 3.63) is 53.0 Å². The van der Waals surface area contributed by atoms with Crippen molar-refractivity contribution in [3.63, 3.8) is 0 Å². The molecule has 0 bridgehead atoms. The van der Waals surface area contributed by atoms with Crippen LogP contribution in [0.3, 0.4) is 0 Å². The number of nitrogens with one attached hydrogen (secondary N) is 2. The molecular weight excluding hydrogens is 359 g/mol. The highest BCUT2D eigenvalue weighted by Crippen LogP contribution is 2.39. The average Bonchev–Trinajstić information content (AvgIpc) is 2.68. The molecule has 0 aromatic heterocycles. The van der Waals surface area contributed by atoms with Crippen LogP contribution in [0.1, 0.15) is 24.5 Å². The summed E-state index contributed by atoms with van der Waals surface area (Å²) < 4.78 is 20.2. The summed E-state index contributed by atoms with van der Waals surface area (Å²) in [5.41, 5.74) is 15.0. The molecule has 6 nitrogen and oxygen atoms in total. The van der Waals surface area contributed by atoms with E-state index in [1.54, 1.807) is 19.2 Å². The van der Waals surface area contributed by atoms with Gasteiger partial charge in [0.25, 0.3) is 5.91 Å². The third kappa shape index (κ3) is 4.19. The number of ether oxygens (including phenoxy) is 1. The molecule has 0 aliphatic carbocycles. The van der Waals surface area contributed by atoms with Gasteiger partial charge in [0.1, 0.15) is 17.3 Å². The van der Waals surface area contributed by atoms with Gasteiger partial charge >= 0.3 is 0 Å². The Morgan fingerprint density at radius 3 is 2.57 bits per heavy atom. The Morgan fingerprint density at radius 2 is 1.96 bits per heavy atom. The Morgan fingerprint density at radius 1 is 1.25 bits per heavy atom. The first-order chi connectivity index (χ1) is 13.3. The fraction of sp³-hybridized carbons (Fsp3) is 0.286. The maximum Gasteiger partial charge on any atom is 0.269 e. The number of methoxy groups -OCH3 is 1. The summed E-state index contributed by atoms with van der Waals surface area (Å²) in [4.78, 5) is 12.3. The number of anilines is 1. The molecule has 1 amide bonds. The van der Waals surface area contributed by atoms with E-state index in [1.807, 2.05) is 19.9 Å². The summed E-state index contributed by atoms with van der Waals surface area (Å²) >= 11 is 0. The minimum Gasteiger partial charge on any atom is -0.496 e. The van der Waals surface area contributed by atoms with E-state index >= 15 is 0 Å². The van der Waals surface area contributed by atoms with Gasteiger partial charge in [0.05, 0.1) is 18.5 Å². The first kappa shape index (κ1) is 21.1. The molecule has 0 saturated heterocycles. The molecule has 2 rings (SSSR count).